The number of piperazine rings is 1. The van der Waals surface area contributed by atoms with Crippen LogP contribution in [-0.2, 0) is 14.3 Å². The maximum Gasteiger partial charge on any atom is 0.322 e. The fourth-order valence-corrected chi connectivity index (χ4v) is 2.35. The first-order valence-electron chi connectivity index (χ1n) is 6.69. The van der Waals surface area contributed by atoms with Crippen molar-refractivity contribution in [2.45, 2.75) is 12.5 Å². The number of amides is 3. The number of hydrogen-bond donors (Lipinski definition) is 2. The Morgan fingerprint density at radius 1 is 1.50 bits per heavy atom. The van der Waals surface area contributed by atoms with E-state index in [9.17, 15) is 14.4 Å². The minimum absolute atomic E-state index is 0.189. The third-order valence-electron chi connectivity index (χ3n) is 3.26. The number of hydrogen-bond acceptors (Lipinski definition) is 4. The Morgan fingerprint density at radius 3 is 2.95 bits per heavy atom. The summed E-state index contributed by atoms with van der Waals surface area (Å²) in [6.45, 7) is 0.638. The molecule has 2 N–H and O–H groups in total. The number of nitrogens with one attached hydrogen (secondary N) is 2. The Balaban J connectivity index is 2.10. The zero-order valence-electron chi connectivity index (χ0n) is 12.0. The number of esters is 1. The van der Waals surface area contributed by atoms with Gasteiger partial charge in [0.05, 0.1) is 13.5 Å². The molecule has 22 heavy (non-hydrogen) atoms. The van der Waals surface area contributed by atoms with Crippen molar-refractivity contribution in [3.05, 3.63) is 29.3 Å². The predicted octanol–water partition coefficient (Wildman–Crippen LogP) is 1.24. The summed E-state index contributed by atoms with van der Waals surface area (Å²) < 4.78 is 4.57. The number of anilines is 1. The summed E-state index contributed by atoms with van der Waals surface area (Å²) in [7, 11) is 1.24. The van der Waals surface area contributed by atoms with E-state index < -0.39 is 18.0 Å². The fraction of sp³-hybridized carbons (Fsp3) is 0.357. The predicted molar refractivity (Wildman–Crippen MR) is 80.6 cm³/mol. The average Bonchev–Trinajstić information content (AvgIpc) is 2.49. The van der Waals surface area contributed by atoms with E-state index in [0.29, 0.717) is 23.8 Å². The normalized spacial score (nSPS) is 17.6. The summed E-state index contributed by atoms with van der Waals surface area (Å²) in [4.78, 5) is 37.0. The Labute approximate surface area is 132 Å². The molecule has 0 aliphatic carbocycles. The smallest absolute Gasteiger partial charge is 0.322 e. The lowest BCUT2D eigenvalue weighted by molar-refractivity contribution is -0.145. The van der Waals surface area contributed by atoms with Crippen LogP contribution in [0.4, 0.5) is 10.5 Å². The number of urea groups is 1. The highest BCUT2D eigenvalue weighted by atomic mass is 35.5. The topological polar surface area (TPSA) is 87.7 Å². The average molecular weight is 326 g/mol. The molecule has 1 fully saturated rings. The van der Waals surface area contributed by atoms with Gasteiger partial charge in [-0.05, 0) is 18.2 Å². The zero-order chi connectivity index (χ0) is 16.1. The maximum atomic E-state index is 12.3. The molecule has 1 aliphatic rings. The number of methoxy groups -OCH3 is 1. The van der Waals surface area contributed by atoms with Gasteiger partial charge in [0.2, 0.25) is 5.91 Å². The lowest BCUT2D eigenvalue weighted by atomic mass is 10.1. The van der Waals surface area contributed by atoms with Crippen molar-refractivity contribution in [3.8, 4) is 0 Å². The Bertz CT molecular complexity index is 593. The Kier molecular flexibility index (Phi) is 5.21. The van der Waals surface area contributed by atoms with Gasteiger partial charge in [-0.3, -0.25) is 9.59 Å². The molecule has 0 spiro atoms. The van der Waals surface area contributed by atoms with Crippen LogP contribution in [0.2, 0.25) is 5.02 Å². The number of nitrogens with zero attached hydrogens (tertiary/aromatic N) is 1. The van der Waals surface area contributed by atoms with Crippen molar-refractivity contribution in [1.29, 1.82) is 0 Å². The third kappa shape index (κ3) is 3.88. The molecule has 1 aromatic carbocycles. The van der Waals surface area contributed by atoms with Gasteiger partial charge in [0.1, 0.15) is 6.04 Å². The summed E-state index contributed by atoms with van der Waals surface area (Å²) in [5, 5.41) is 5.78. The van der Waals surface area contributed by atoms with Crippen LogP contribution in [0.15, 0.2) is 24.3 Å². The third-order valence-corrected chi connectivity index (χ3v) is 3.49. The number of ether oxygens (including phenoxy) is 1. The van der Waals surface area contributed by atoms with Crippen LogP contribution < -0.4 is 10.6 Å². The lowest BCUT2D eigenvalue weighted by Gasteiger charge is -2.34. The fourth-order valence-electron chi connectivity index (χ4n) is 2.16. The Morgan fingerprint density at radius 2 is 2.27 bits per heavy atom. The van der Waals surface area contributed by atoms with E-state index in [-0.39, 0.29) is 12.3 Å². The molecule has 1 aromatic rings. The van der Waals surface area contributed by atoms with Gasteiger partial charge < -0.3 is 20.3 Å². The van der Waals surface area contributed by atoms with E-state index >= 15 is 0 Å². The second-order valence-corrected chi connectivity index (χ2v) is 5.16. The molecule has 118 valence electrons. The van der Waals surface area contributed by atoms with Crippen molar-refractivity contribution in [1.82, 2.24) is 10.2 Å². The molecular weight excluding hydrogens is 310 g/mol. The molecule has 1 heterocycles. The van der Waals surface area contributed by atoms with Crippen LogP contribution >= 0.6 is 11.6 Å². The maximum absolute atomic E-state index is 12.3. The van der Waals surface area contributed by atoms with E-state index in [1.54, 1.807) is 24.3 Å². The molecule has 0 aromatic heterocycles. The summed E-state index contributed by atoms with van der Waals surface area (Å²) >= 11 is 5.86. The molecule has 2 rings (SSSR count). The van der Waals surface area contributed by atoms with Crippen molar-refractivity contribution < 1.29 is 19.1 Å². The number of carbonyl (C=O) groups excluding carboxylic acids is 3. The van der Waals surface area contributed by atoms with E-state index in [0.717, 1.165) is 0 Å². The highest BCUT2D eigenvalue weighted by Crippen LogP contribution is 2.17. The SMILES string of the molecule is COC(=O)C[C@@H]1C(=O)NCCN1C(=O)Nc1cccc(Cl)c1. The minimum Gasteiger partial charge on any atom is -0.469 e. The first kappa shape index (κ1) is 16.1. The van der Waals surface area contributed by atoms with Gasteiger partial charge in [-0.2, -0.15) is 0 Å². The van der Waals surface area contributed by atoms with Crippen LogP contribution in [0.3, 0.4) is 0 Å². The molecule has 0 bridgehead atoms. The molecule has 0 saturated carbocycles. The van der Waals surface area contributed by atoms with Crippen LogP contribution in [0.25, 0.3) is 0 Å². The van der Waals surface area contributed by atoms with Gasteiger partial charge in [-0.25, -0.2) is 4.79 Å². The van der Waals surface area contributed by atoms with Crippen LogP contribution in [0, 0.1) is 0 Å². The number of carbonyl (C=O) groups is 3. The quantitative estimate of drug-likeness (QED) is 0.818. The van der Waals surface area contributed by atoms with Gasteiger partial charge in [0, 0.05) is 23.8 Å². The summed E-state index contributed by atoms with van der Waals surface area (Å²) in [5.41, 5.74) is 0.514. The van der Waals surface area contributed by atoms with E-state index in [2.05, 4.69) is 15.4 Å². The first-order valence-corrected chi connectivity index (χ1v) is 7.07. The highest BCUT2D eigenvalue weighted by Gasteiger charge is 2.35. The van der Waals surface area contributed by atoms with Crippen LogP contribution in [-0.4, -0.2) is 49.0 Å². The van der Waals surface area contributed by atoms with Gasteiger partial charge in [-0.15, -0.1) is 0 Å². The van der Waals surface area contributed by atoms with Crippen molar-refractivity contribution in [2.24, 2.45) is 0 Å². The van der Waals surface area contributed by atoms with Crippen molar-refractivity contribution in [2.75, 3.05) is 25.5 Å². The summed E-state index contributed by atoms with van der Waals surface area (Å²) in [6.07, 6.45) is -0.189. The highest BCUT2D eigenvalue weighted by molar-refractivity contribution is 6.30. The first-order chi connectivity index (χ1) is 10.5. The molecule has 1 saturated heterocycles. The molecular formula is C14H16ClN3O4. The molecule has 8 heteroatoms. The molecule has 0 radical (unpaired) electrons. The number of benzene rings is 1. The second-order valence-electron chi connectivity index (χ2n) is 4.72. The number of rotatable bonds is 3. The molecule has 1 aliphatic heterocycles. The van der Waals surface area contributed by atoms with Gasteiger partial charge >= 0.3 is 12.0 Å². The van der Waals surface area contributed by atoms with E-state index in [4.69, 9.17) is 11.6 Å². The molecule has 7 nitrogen and oxygen atoms in total. The summed E-state index contributed by atoms with van der Waals surface area (Å²) in [5.74, 6) is -0.930. The molecule has 3 amide bonds. The standard InChI is InChI=1S/C14H16ClN3O4/c1-22-12(19)8-11-13(20)16-5-6-18(11)14(21)17-10-4-2-3-9(15)7-10/h2-4,7,11H,5-6,8H2,1H3,(H,16,20)(H,17,21)/t11-/m1/s1. The van der Waals surface area contributed by atoms with Crippen LogP contribution in [0.1, 0.15) is 6.42 Å². The second kappa shape index (κ2) is 7.13. The van der Waals surface area contributed by atoms with Crippen molar-refractivity contribution >= 4 is 35.2 Å². The van der Waals surface area contributed by atoms with Gasteiger partial charge in [0.25, 0.3) is 0 Å². The molecule has 0 unspecified atom stereocenters. The van der Waals surface area contributed by atoms with E-state index in [1.165, 1.54) is 12.0 Å². The zero-order valence-corrected chi connectivity index (χ0v) is 12.7. The Hall–Kier alpha value is -2.28. The van der Waals surface area contributed by atoms with E-state index in [1.807, 2.05) is 0 Å². The number of halogens is 1. The monoisotopic (exact) mass is 325 g/mol. The minimum atomic E-state index is -0.889. The lowest BCUT2D eigenvalue weighted by Crippen LogP contribution is -2.58. The van der Waals surface area contributed by atoms with Gasteiger partial charge in [-0.1, -0.05) is 17.7 Å². The molecule has 1 atom stereocenters. The van der Waals surface area contributed by atoms with Crippen LogP contribution in [0.5, 0.6) is 0 Å². The summed E-state index contributed by atoms with van der Waals surface area (Å²) in [6, 6.07) is 5.31. The largest absolute Gasteiger partial charge is 0.469 e. The van der Waals surface area contributed by atoms with Crippen molar-refractivity contribution in [3.63, 3.8) is 0 Å². The van der Waals surface area contributed by atoms with Gasteiger partial charge in [0.15, 0.2) is 0 Å².